The van der Waals surface area contributed by atoms with Gasteiger partial charge in [0.05, 0.1) is 0 Å². The molecule has 0 spiro atoms. The molecule has 18 heavy (non-hydrogen) atoms. The summed E-state index contributed by atoms with van der Waals surface area (Å²) in [4.78, 5) is 4.33. The van der Waals surface area contributed by atoms with E-state index in [1.165, 1.54) is 0 Å². The minimum atomic E-state index is -0.167. The molecule has 2 rings (SSSR count). The molecule has 1 atom stereocenters. The van der Waals surface area contributed by atoms with Crippen LogP contribution in [0.5, 0.6) is 0 Å². The molecular formula is C12H17N3O3. The maximum absolute atomic E-state index is 5.62. The van der Waals surface area contributed by atoms with Gasteiger partial charge in [0.15, 0.2) is 5.69 Å². The van der Waals surface area contributed by atoms with Crippen molar-refractivity contribution < 1.29 is 13.8 Å². The van der Waals surface area contributed by atoms with E-state index in [4.69, 9.17) is 13.8 Å². The molecule has 0 N–H and O–H groups in total. The van der Waals surface area contributed by atoms with Crippen molar-refractivity contribution in [1.29, 1.82) is 0 Å². The highest BCUT2D eigenvalue weighted by Crippen LogP contribution is 2.26. The molecule has 0 bridgehead atoms. The summed E-state index contributed by atoms with van der Waals surface area (Å²) in [7, 11) is 0. The van der Waals surface area contributed by atoms with E-state index in [1.807, 2.05) is 13.8 Å². The van der Waals surface area contributed by atoms with E-state index in [1.54, 1.807) is 6.26 Å². The van der Waals surface area contributed by atoms with Gasteiger partial charge in [-0.2, -0.15) is 4.98 Å². The van der Waals surface area contributed by atoms with Gasteiger partial charge in [0.1, 0.15) is 12.4 Å². The molecule has 0 aromatic carbocycles. The first-order valence-electron chi connectivity index (χ1n) is 6.00. The zero-order chi connectivity index (χ0) is 13.1. The summed E-state index contributed by atoms with van der Waals surface area (Å²) >= 11 is 0. The Morgan fingerprint density at radius 2 is 2.11 bits per heavy atom. The molecule has 0 saturated heterocycles. The largest absolute Gasteiger partial charge is 0.370 e. The molecule has 1 unspecified atom stereocenters. The van der Waals surface area contributed by atoms with Crippen molar-refractivity contribution in [1.82, 2.24) is 15.3 Å². The lowest BCUT2D eigenvalue weighted by atomic mass is 10.1. The van der Waals surface area contributed by atoms with Crippen molar-refractivity contribution in [2.24, 2.45) is 5.92 Å². The molecule has 2 aromatic heterocycles. The van der Waals surface area contributed by atoms with E-state index in [0.29, 0.717) is 24.0 Å². The monoisotopic (exact) mass is 251 g/mol. The van der Waals surface area contributed by atoms with Crippen molar-refractivity contribution in [2.45, 2.75) is 33.8 Å². The molecule has 0 saturated carbocycles. The van der Waals surface area contributed by atoms with Gasteiger partial charge >= 0.3 is 0 Å². The summed E-state index contributed by atoms with van der Waals surface area (Å²) < 4.78 is 15.7. The summed E-state index contributed by atoms with van der Waals surface area (Å²) in [5, 5.41) is 7.80. The van der Waals surface area contributed by atoms with E-state index in [-0.39, 0.29) is 12.0 Å². The van der Waals surface area contributed by atoms with E-state index in [9.17, 15) is 0 Å². The first-order valence-corrected chi connectivity index (χ1v) is 6.00. The number of hydrogen-bond acceptors (Lipinski definition) is 6. The number of ether oxygens (including phenoxy) is 1. The normalized spacial score (nSPS) is 13.2. The van der Waals surface area contributed by atoms with E-state index in [2.05, 4.69) is 29.1 Å². The lowest BCUT2D eigenvalue weighted by Crippen LogP contribution is -2.12. The van der Waals surface area contributed by atoms with Gasteiger partial charge in [-0.05, 0) is 19.8 Å². The highest BCUT2D eigenvalue weighted by molar-refractivity contribution is 5.50. The molecule has 6 nitrogen and oxygen atoms in total. The summed E-state index contributed by atoms with van der Waals surface area (Å²) in [5.41, 5.74) is 1.44. The van der Waals surface area contributed by atoms with Crippen LogP contribution in [-0.4, -0.2) is 21.9 Å². The molecule has 0 fully saturated rings. The highest BCUT2D eigenvalue weighted by Gasteiger charge is 2.24. The van der Waals surface area contributed by atoms with Crippen LogP contribution in [0.15, 0.2) is 15.3 Å². The summed E-state index contributed by atoms with van der Waals surface area (Å²) in [5.74, 6) is 1.18. The molecule has 98 valence electrons. The van der Waals surface area contributed by atoms with Crippen LogP contribution >= 0.6 is 0 Å². The maximum Gasteiger partial charge on any atom is 0.280 e. The lowest BCUT2D eigenvalue weighted by molar-refractivity contribution is 0.0217. The van der Waals surface area contributed by atoms with Gasteiger partial charge in [0, 0.05) is 12.2 Å². The standard InChI is InChI=1S/C12H17N3O3/c1-5-16-10(7(2)3)11-13-12(18-15-11)9-8(4)6-17-14-9/h6-7,10H,5H2,1-4H3. The molecule has 0 aliphatic rings. The third-order valence-corrected chi connectivity index (χ3v) is 2.60. The highest BCUT2D eigenvalue weighted by atomic mass is 16.5. The number of nitrogens with zero attached hydrogens (tertiary/aromatic N) is 3. The topological polar surface area (TPSA) is 74.2 Å². The average Bonchev–Trinajstić information content (AvgIpc) is 2.93. The number of aromatic nitrogens is 3. The van der Waals surface area contributed by atoms with Crippen LogP contribution in [0.3, 0.4) is 0 Å². The lowest BCUT2D eigenvalue weighted by Gasteiger charge is -2.16. The molecule has 0 radical (unpaired) electrons. The quantitative estimate of drug-likeness (QED) is 0.813. The van der Waals surface area contributed by atoms with Crippen LogP contribution in [0.25, 0.3) is 11.6 Å². The third kappa shape index (κ3) is 2.43. The number of aryl methyl sites for hydroxylation is 1. The van der Waals surface area contributed by atoms with Gasteiger partial charge in [0.2, 0.25) is 5.82 Å². The van der Waals surface area contributed by atoms with Crippen LogP contribution in [0, 0.1) is 12.8 Å². The minimum Gasteiger partial charge on any atom is -0.370 e. The molecule has 2 aromatic rings. The summed E-state index contributed by atoms with van der Waals surface area (Å²) in [6.45, 7) is 8.53. The Balaban J connectivity index is 2.27. The maximum atomic E-state index is 5.62. The van der Waals surface area contributed by atoms with Gasteiger partial charge in [-0.3, -0.25) is 0 Å². The fourth-order valence-corrected chi connectivity index (χ4v) is 1.68. The van der Waals surface area contributed by atoms with Gasteiger partial charge in [-0.25, -0.2) is 0 Å². The molecular weight excluding hydrogens is 234 g/mol. The van der Waals surface area contributed by atoms with E-state index >= 15 is 0 Å². The van der Waals surface area contributed by atoms with E-state index in [0.717, 1.165) is 5.56 Å². The molecule has 0 amide bonds. The first kappa shape index (κ1) is 12.8. The summed E-state index contributed by atoms with van der Waals surface area (Å²) in [6, 6.07) is 0. The summed E-state index contributed by atoms with van der Waals surface area (Å²) in [6.07, 6.45) is 1.38. The Bertz CT molecular complexity index is 504. The Kier molecular flexibility index (Phi) is 3.76. The Morgan fingerprint density at radius 1 is 1.33 bits per heavy atom. The fraction of sp³-hybridized carbons (Fsp3) is 0.583. The van der Waals surface area contributed by atoms with Gasteiger partial charge in [-0.1, -0.05) is 24.2 Å². The van der Waals surface area contributed by atoms with Crippen molar-refractivity contribution in [2.75, 3.05) is 6.61 Å². The molecule has 6 heteroatoms. The molecule has 0 aliphatic carbocycles. The Morgan fingerprint density at radius 3 is 2.67 bits per heavy atom. The molecule has 0 aliphatic heterocycles. The van der Waals surface area contributed by atoms with Crippen molar-refractivity contribution >= 4 is 0 Å². The second kappa shape index (κ2) is 5.30. The predicted molar refractivity (Wildman–Crippen MR) is 63.7 cm³/mol. The van der Waals surface area contributed by atoms with Gasteiger partial charge in [-0.15, -0.1) is 0 Å². The Hall–Kier alpha value is -1.69. The smallest absolute Gasteiger partial charge is 0.280 e. The number of hydrogen-bond donors (Lipinski definition) is 0. The van der Waals surface area contributed by atoms with Crippen LogP contribution in [0.4, 0.5) is 0 Å². The van der Waals surface area contributed by atoms with Crippen molar-refractivity contribution in [3.63, 3.8) is 0 Å². The van der Waals surface area contributed by atoms with Gasteiger partial charge in [0.25, 0.3) is 5.89 Å². The van der Waals surface area contributed by atoms with Crippen LogP contribution in [-0.2, 0) is 4.74 Å². The predicted octanol–water partition coefficient (Wildman–Crippen LogP) is 2.77. The van der Waals surface area contributed by atoms with Crippen LogP contribution in [0.1, 0.15) is 38.3 Å². The van der Waals surface area contributed by atoms with Crippen molar-refractivity contribution in [3.8, 4) is 11.6 Å². The second-order valence-corrected chi connectivity index (χ2v) is 4.42. The van der Waals surface area contributed by atoms with Crippen molar-refractivity contribution in [3.05, 3.63) is 17.7 Å². The Labute approximate surface area is 105 Å². The zero-order valence-electron chi connectivity index (χ0n) is 11.0. The average molecular weight is 251 g/mol. The minimum absolute atomic E-state index is 0.167. The van der Waals surface area contributed by atoms with E-state index < -0.39 is 0 Å². The van der Waals surface area contributed by atoms with Crippen LogP contribution < -0.4 is 0 Å². The second-order valence-electron chi connectivity index (χ2n) is 4.42. The number of rotatable bonds is 5. The zero-order valence-corrected chi connectivity index (χ0v) is 11.0. The molecule has 2 heterocycles. The van der Waals surface area contributed by atoms with Crippen LogP contribution in [0.2, 0.25) is 0 Å². The first-order chi connectivity index (χ1) is 8.63. The SMILES string of the molecule is CCOC(c1noc(-c2nocc2C)n1)C(C)C. The third-order valence-electron chi connectivity index (χ3n) is 2.60. The fourth-order valence-electron chi connectivity index (χ4n) is 1.68. The van der Waals surface area contributed by atoms with Gasteiger partial charge < -0.3 is 13.8 Å².